The van der Waals surface area contributed by atoms with E-state index in [9.17, 15) is 4.79 Å². The van der Waals surface area contributed by atoms with E-state index in [1.165, 1.54) is 0 Å². The number of benzene rings is 2. The normalized spacial score (nSPS) is 12.9. The fourth-order valence-corrected chi connectivity index (χ4v) is 4.42. The summed E-state index contributed by atoms with van der Waals surface area (Å²) in [5, 5.41) is 13.7. The molecule has 0 radical (unpaired) electrons. The lowest BCUT2D eigenvalue weighted by molar-refractivity contribution is 0.153. The van der Waals surface area contributed by atoms with Crippen LogP contribution < -0.4 is 10.3 Å². The predicted molar refractivity (Wildman–Crippen MR) is 137 cm³/mol. The van der Waals surface area contributed by atoms with E-state index < -0.39 is 0 Å². The molecule has 0 aliphatic rings. The maximum Gasteiger partial charge on any atom is 0.252 e. The van der Waals surface area contributed by atoms with Crippen molar-refractivity contribution >= 4 is 10.9 Å². The number of hydrogen-bond acceptors (Lipinski definition) is 6. The Morgan fingerprint density at radius 2 is 1.83 bits per heavy atom. The second-order valence-corrected chi connectivity index (χ2v) is 10.0. The largest absolute Gasteiger partial charge is 0.497 e. The lowest BCUT2D eigenvalue weighted by Gasteiger charge is -2.32. The highest BCUT2D eigenvalue weighted by Crippen LogP contribution is 2.29. The number of H-pyrrole nitrogens is 1. The molecule has 0 fully saturated rings. The second-order valence-electron chi connectivity index (χ2n) is 10.0. The van der Waals surface area contributed by atoms with Crippen molar-refractivity contribution in [3.8, 4) is 5.75 Å². The van der Waals surface area contributed by atoms with Gasteiger partial charge in [0.15, 0.2) is 5.82 Å². The monoisotopic (exact) mass is 474 g/mol. The van der Waals surface area contributed by atoms with Gasteiger partial charge < -0.3 is 9.72 Å². The van der Waals surface area contributed by atoms with E-state index in [4.69, 9.17) is 4.74 Å². The third kappa shape index (κ3) is 5.43. The summed E-state index contributed by atoms with van der Waals surface area (Å²) in [5.41, 5.74) is 3.45. The highest BCUT2D eigenvalue weighted by molar-refractivity contribution is 5.79. The van der Waals surface area contributed by atoms with Gasteiger partial charge in [-0.1, -0.05) is 31.2 Å². The lowest BCUT2D eigenvalue weighted by atomic mass is 10.0. The molecule has 2 aromatic heterocycles. The van der Waals surface area contributed by atoms with Gasteiger partial charge in [0, 0.05) is 24.2 Å². The molecule has 0 saturated heterocycles. The molecule has 8 nitrogen and oxygen atoms in total. The van der Waals surface area contributed by atoms with Gasteiger partial charge in [-0.3, -0.25) is 9.69 Å². The van der Waals surface area contributed by atoms with Gasteiger partial charge >= 0.3 is 0 Å². The number of nitrogens with one attached hydrogen (secondary N) is 1. The zero-order valence-corrected chi connectivity index (χ0v) is 21.4. The number of pyridine rings is 1. The van der Waals surface area contributed by atoms with Gasteiger partial charge in [0.2, 0.25) is 0 Å². The molecular formula is C27H34N6O2. The zero-order valence-electron chi connectivity index (χ0n) is 21.4. The van der Waals surface area contributed by atoms with Crippen LogP contribution in [0.3, 0.4) is 0 Å². The number of ether oxygens (including phenoxy) is 1. The summed E-state index contributed by atoms with van der Waals surface area (Å²) in [6.07, 6.45) is 0.789. The van der Waals surface area contributed by atoms with Gasteiger partial charge in [-0.2, -0.15) is 0 Å². The summed E-state index contributed by atoms with van der Waals surface area (Å²) in [7, 11) is 1.66. The van der Waals surface area contributed by atoms with Crippen molar-refractivity contribution in [2.45, 2.75) is 65.7 Å². The molecule has 8 heteroatoms. The molecule has 0 unspecified atom stereocenters. The fourth-order valence-electron chi connectivity index (χ4n) is 4.42. The Kier molecular flexibility index (Phi) is 7.03. The lowest BCUT2D eigenvalue weighted by Crippen LogP contribution is -2.35. The highest BCUT2D eigenvalue weighted by Gasteiger charge is 2.29. The van der Waals surface area contributed by atoms with Crippen LogP contribution in [0.25, 0.3) is 10.9 Å². The number of aromatic amines is 1. The smallest absolute Gasteiger partial charge is 0.252 e. The summed E-state index contributed by atoms with van der Waals surface area (Å²) in [5.74, 6) is 1.60. The van der Waals surface area contributed by atoms with Crippen molar-refractivity contribution < 1.29 is 4.74 Å². The molecule has 0 saturated carbocycles. The fraction of sp³-hybridized carbons (Fsp3) is 0.407. The van der Waals surface area contributed by atoms with Crippen molar-refractivity contribution in [1.82, 2.24) is 30.1 Å². The van der Waals surface area contributed by atoms with E-state index in [1.807, 2.05) is 35.9 Å². The van der Waals surface area contributed by atoms with Gasteiger partial charge in [0.05, 0.1) is 18.7 Å². The molecule has 1 N–H and O–H groups in total. The zero-order chi connectivity index (χ0) is 25.2. The van der Waals surface area contributed by atoms with Crippen LogP contribution >= 0.6 is 0 Å². The third-order valence-electron chi connectivity index (χ3n) is 6.25. The van der Waals surface area contributed by atoms with Gasteiger partial charge in [-0.25, -0.2) is 4.68 Å². The van der Waals surface area contributed by atoms with Crippen molar-refractivity contribution in [3.63, 3.8) is 0 Å². The maximum absolute atomic E-state index is 13.1. The van der Waals surface area contributed by atoms with Crippen LogP contribution in [0.5, 0.6) is 5.75 Å². The Morgan fingerprint density at radius 3 is 2.49 bits per heavy atom. The minimum Gasteiger partial charge on any atom is -0.497 e. The molecule has 2 aromatic carbocycles. The van der Waals surface area contributed by atoms with Gasteiger partial charge in [0.25, 0.3) is 5.56 Å². The van der Waals surface area contributed by atoms with Crippen LogP contribution in [0.4, 0.5) is 0 Å². The summed E-state index contributed by atoms with van der Waals surface area (Å²) in [6, 6.07) is 16.0. The minimum absolute atomic E-state index is 0.0758. The average Bonchev–Trinajstić information content (AvgIpc) is 3.31. The number of rotatable bonds is 8. The maximum atomic E-state index is 13.1. The summed E-state index contributed by atoms with van der Waals surface area (Å²) in [4.78, 5) is 18.4. The Labute approximate surface area is 205 Å². The molecule has 4 rings (SSSR count). The van der Waals surface area contributed by atoms with Gasteiger partial charge in [-0.15, -0.1) is 5.10 Å². The van der Waals surface area contributed by atoms with Gasteiger partial charge in [0.1, 0.15) is 5.75 Å². The Bertz CT molecular complexity index is 1350. The van der Waals surface area contributed by atoms with Gasteiger partial charge in [-0.05, 0) is 85.3 Å². The van der Waals surface area contributed by atoms with Crippen LogP contribution in [-0.2, 0) is 18.6 Å². The molecule has 0 spiro atoms. The van der Waals surface area contributed by atoms with E-state index in [-0.39, 0.29) is 17.1 Å². The first kappa shape index (κ1) is 24.6. The second kappa shape index (κ2) is 10.00. The number of methoxy groups -OCH3 is 1. The van der Waals surface area contributed by atoms with Crippen molar-refractivity contribution in [1.29, 1.82) is 0 Å². The number of nitrogens with zero attached hydrogens (tertiary/aromatic N) is 5. The van der Waals surface area contributed by atoms with Crippen molar-refractivity contribution in [2.75, 3.05) is 7.11 Å². The van der Waals surface area contributed by atoms with Crippen molar-refractivity contribution in [2.24, 2.45) is 0 Å². The highest BCUT2D eigenvalue weighted by atomic mass is 16.5. The number of aryl methyl sites for hydroxylation is 1. The Morgan fingerprint density at radius 1 is 1.09 bits per heavy atom. The summed E-state index contributed by atoms with van der Waals surface area (Å²) >= 11 is 0. The van der Waals surface area contributed by atoms with E-state index in [0.717, 1.165) is 40.0 Å². The number of aromatic nitrogens is 5. The van der Waals surface area contributed by atoms with Crippen LogP contribution in [0.15, 0.2) is 53.3 Å². The Balaban J connectivity index is 1.76. The quantitative estimate of drug-likeness (QED) is 0.397. The average molecular weight is 475 g/mol. The first-order chi connectivity index (χ1) is 16.7. The molecule has 4 aromatic rings. The minimum atomic E-state index is -0.268. The number of hydrogen-bond donors (Lipinski definition) is 1. The molecule has 1 atom stereocenters. The molecular weight excluding hydrogens is 440 g/mol. The van der Waals surface area contributed by atoms with E-state index >= 15 is 0 Å². The van der Waals surface area contributed by atoms with Crippen molar-refractivity contribution in [3.05, 3.63) is 81.4 Å². The van der Waals surface area contributed by atoms with Crippen LogP contribution in [0, 0.1) is 6.92 Å². The van der Waals surface area contributed by atoms with Crippen LogP contribution in [0.1, 0.15) is 62.7 Å². The number of tetrazole rings is 1. The molecule has 0 aliphatic carbocycles. The molecule has 35 heavy (non-hydrogen) atoms. The first-order valence-corrected chi connectivity index (χ1v) is 12.0. The summed E-state index contributed by atoms with van der Waals surface area (Å²) in [6.45, 7) is 11.5. The van der Waals surface area contributed by atoms with E-state index in [0.29, 0.717) is 18.7 Å². The first-order valence-electron chi connectivity index (χ1n) is 12.0. The molecule has 2 heterocycles. The standard InChI is InChI=1S/C27H34N6O2/c1-7-24(25-29-30-31-33(25)27(3,4)5)32(16-19-9-12-22(35-6)13-10-19)17-21-15-20-11-8-18(2)14-23(20)28-26(21)34/h8-15,24H,7,16-17H2,1-6H3,(H,28,34)/t24-/m0/s1. The molecule has 0 amide bonds. The molecule has 0 bridgehead atoms. The van der Waals surface area contributed by atoms with Crippen LogP contribution in [0.2, 0.25) is 0 Å². The molecule has 184 valence electrons. The number of fused-ring (bicyclic) bond motifs is 1. The topological polar surface area (TPSA) is 88.9 Å². The third-order valence-corrected chi connectivity index (χ3v) is 6.25. The molecule has 0 aliphatic heterocycles. The van der Waals surface area contributed by atoms with E-state index in [1.54, 1.807) is 7.11 Å². The predicted octanol–water partition coefficient (Wildman–Crippen LogP) is 4.74. The van der Waals surface area contributed by atoms with Crippen LogP contribution in [-0.4, -0.2) is 37.2 Å². The van der Waals surface area contributed by atoms with E-state index in [2.05, 4.69) is 77.4 Å². The summed E-state index contributed by atoms with van der Waals surface area (Å²) < 4.78 is 7.21. The Hall–Kier alpha value is -3.52. The SMILES string of the molecule is CC[C@@H](c1nnnn1C(C)(C)C)N(Cc1ccc(OC)cc1)Cc1cc2ccc(C)cc2[nH]c1=O.